The van der Waals surface area contributed by atoms with Crippen molar-refractivity contribution in [3.8, 4) is 0 Å². The summed E-state index contributed by atoms with van der Waals surface area (Å²) in [5.41, 5.74) is 3.44. The van der Waals surface area contributed by atoms with Crippen molar-refractivity contribution in [1.82, 2.24) is 14.5 Å². The molecule has 0 atom stereocenters. The Kier molecular flexibility index (Phi) is 4.17. The van der Waals surface area contributed by atoms with E-state index in [0.29, 0.717) is 5.82 Å². The number of alkyl halides is 3. The largest absolute Gasteiger partial charge is 0.390 e. The Morgan fingerprint density at radius 3 is 2.54 bits per heavy atom. The van der Waals surface area contributed by atoms with Gasteiger partial charge in [0.2, 0.25) is 0 Å². The fourth-order valence-corrected chi connectivity index (χ4v) is 2.67. The van der Waals surface area contributed by atoms with Gasteiger partial charge in [-0.3, -0.25) is 4.98 Å². The first-order chi connectivity index (χ1) is 11.3. The molecule has 0 saturated carbocycles. The summed E-state index contributed by atoms with van der Waals surface area (Å²) in [4.78, 5) is 8.59. The molecule has 0 radical (unpaired) electrons. The van der Waals surface area contributed by atoms with Gasteiger partial charge in [-0.15, -0.1) is 0 Å². The van der Waals surface area contributed by atoms with E-state index in [1.807, 2.05) is 19.9 Å². The smallest absolute Gasteiger partial charge is 0.347 e. The van der Waals surface area contributed by atoms with Crippen molar-refractivity contribution in [2.45, 2.75) is 33.0 Å². The molecule has 0 aliphatic carbocycles. The molecule has 24 heavy (non-hydrogen) atoms. The fraction of sp³-hybridized carbons (Fsp3) is 0.294. The summed E-state index contributed by atoms with van der Waals surface area (Å²) < 4.78 is 39.0. The van der Waals surface area contributed by atoms with Crippen LogP contribution in [0.3, 0.4) is 0 Å². The molecule has 3 heterocycles. The molecule has 0 aliphatic rings. The van der Waals surface area contributed by atoms with Gasteiger partial charge in [-0.05, 0) is 37.6 Å². The lowest BCUT2D eigenvalue weighted by molar-refractivity contribution is -0.136. The van der Waals surface area contributed by atoms with Gasteiger partial charge in [-0.2, -0.15) is 13.2 Å². The van der Waals surface area contributed by atoms with Crippen LogP contribution >= 0.6 is 0 Å². The summed E-state index contributed by atoms with van der Waals surface area (Å²) in [5, 5.41) is 4.04. The number of halogens is 3. The molecule has 0 saturated heterocycles. The Hall–Kier alpha value is -2.57. The molecule has 0 amide bonds. The van der Waals surface area contributed by atoms with Gasteiger partial charge in [-0.25, -0.2) is 4.98 Å². The minimum atomic E-state index is -4.17. The third-order valence-corrected chi connectivity index (χ3v) is 3.93. The first-order valence-corrected chi connectivity index (χ1v) is 7.55. The first kappa shape index (κ1) is 16.3. The molecular formula is C17H17F3N4. The van der Waals surface area contributed by atoms with E-state index < -0.39 is 12.6 Å². The summed E-state index contributed by atoms with van der Waals surface area (Å²) in [6.07, 6.45) is -0.0448. The molecule has 1 N–H and O–H groups in total. The minimum Gasteiger partial charge on any atom is -0.347 e. The summed E-state index contributed by atoms with van der Waals surface area (Å²) in [7, 11) is 0. The standard InChI is InChI=1S/C17H17F3N4/c1-11-3-7-21-12(2)15(11)23-16-13-5-9-24(10-6-17(18,19)20)14(13)4-8-22-16/h3-5,7-9H,6,10H2,1-2H3,(H,22,23). The number of rotatable bonds is 4. The fourth-order valence-electron chi connectivity index (χ4n) is 2.67. The SMILES string of the molecule is Cc1ccnc(C)c1Nc1nccc2c1ccn2CCC(F)(F)F. The topological polar surface area (TPSA) is 42.7 Å². The second kappa shape index (κ2) is 6.14. The lowest BCUT2D eigenvalue weighted by atomic mass is 10.2. The van der Waals surface area contributed by atoms with Crippen molar-refractivity contribution in [2.24, 2.45) is 0 Å². The number of fused-ring (bicyclic) bond motifs is 1. The van der Waals surface area contributed by atoms with E-state index in [1.54, 1.807) is 35.3 Å². The average Bonchev–Trinajstić information content (AvgIpc) is 2.92. The molecule has 4 nitrogen and oxygen atoms in total. The van der Waals surface area contributed by atoms with Crippen LogP contribution in [0, 0.1) is 13.8 Å². The number of pyridine rings is 2. The van der Waals surface area contributed by atoms with E-state index in [4.69, 9.17) is 0 Å². The second-order valence-electron chi connectivity index (χ2n) is 5.68. The van der Waals surface area contributed by atoms with Gasteiger partial charge in [0.1, 0.15) is 5.82 Å². The summed E-state index contributed by atoms with van der Waals surface area (Å²) >= 11 is 0. The molecule has 0 fully saturated rings. The monoisotopic (exact) mass is 334 g/mol. The first-order valence-electron chi connectivity index (χ1n) is 7.55. The van der Waals surface area contributed by atoms with Crippen molar-refractivity contribution in [3.05, 3.63) is 48.0 Å². The number of aryl methyl sites for hydroxylation is 3. The molecule has 0 bridgehead atoms. The van der Waals surface area contributed by atoms with E-state index in [0.717, 1.165) is 27.8 Å². The van der Waals surface area contributed by atoms with Crippen molar-refractivity contribution in [1.29, 1.82) is 0 Å². The summed E-state index contributed by atoms with van der Waals surface area (Å²) in [6.45, 7) is 3.75. The predicted molar refractivity (Wildman–Crippen MR) is 87.4 cm³/mol. The van der Waals surface area contributed by atoms with Crippen LogP contribution in [0.2, 0.25) is 0 Å². The zero-order valence-electron chi connectivity index (χ0n) is 13.4. The van der Waals surface area contributed by atoms with Gasteiger partial charge in [0, 0.05) is 30.5 Å². The number of hydrogen-bond donors (Lipinski definition) is 1. The van der Waals surface area contributed by atoms with Gasteiger partial charge in [0.05, 0.1) is 23.3 Å². The Morgan fingerprint density at radius 2 is 1.83 bits per heavy atom. The maximum Gasteiger partial charge on any atom is 0.390 e. The van der Waals surface area contributed by atoms with Crippen LogP contribution in [0.1, 0.15) is 17.7 Å². The molecule has 7 heteroatoms. The quantitative estimate of drug-likeness (QED) is 0.749. The molecule has 3 rings (SSSR count). The van der Waals surface area contributed by atoms with Crippen LogP contribution in [0.4, 0.5) is 24.7 Å². The Bertz CT molecular complexity index is 848. The second-order valence-corrected chi connectivity index (χ2v) is 5.68. The zero-order valence-corrected chi connectivity index (χ0v) is 13.4. The Labute approximate surface area is 137 Å². The third-order valence-electron chi connectivity index (χ3n) is 3.93. The van der Waals surface area contributed by atoms with Crippen LogP contribution < -0.4 is 5.32 Å². The highest BCUT2D eigenvalue weighted by Gasteiger charge is 2.26. The summed E-state index contributed by atoms with van der Waals surface area (Å²) in [6, 6.07) is 5.39. The lowest BCUT2D eigenvalue weighted by Crippen LogP contribution is -2.11. The molecular weight excluding hydrogens is 317 g/mol. The number of nitrogens with one attached hydrogen (secondary N) is 1. The molecule has 0 spiro atoms. The normalized spacial score (nSPS) is 11.9. The molecule has 0 aromatic carbocycles. The van der Waals surface area contributed by atoms with E-state index in [-0.39, 0.29) is 6.54 Å². The minimum absolute atomic E-state index is 0.110. The highest BCUT2D eigenvalue weighted by Crippen LogP contribution is 2.29. The van der Waals surface area contributed by atoms with Crippen molar-refractivity contribution < 1.29 is 13.2 Å². The van der Waals surface area contributed by atoms with Crippen LogP contribution in [0.25, 0.3) is 10.9 Å². The van der Waals surface area contributed by atoms with E-state index >= 15 is 0 Å². The maximum atomic E-state index is 12.5. The molecule has 3 aromatic rings. The van der Waals surface area contributed by atoms with Crippen molar-refractivity contribution in [3.63, 3.8) is 0 Å². The van der Waals surface area contributed by atoms with Gasteiger partial charge in [-0.1, -0.05) is 0 Å². The zero-order chi connectivity index (χ0) is 17.3. The van der Waals surface area contributed by atoms with Crippen molar-refractivity contribution >= 4 is 22.4 Å². The Morgan fingerprint density at radius 1 is 1.08 bits per heavy atom. The van der Waals surface area contributed by atoms with Gasteiger partial charge in [0.15, 0.2) is 0 Å². The van der Waals surface area contributed by atoms with Crippen LogP contribution in [0.15, 0.2) is 36.8 Å². The molecule has 0 unspecified atom stereocenters. The van der Waals surface area contributed by atoms with Gasteiger partial charge in [0.25, 0.3) is 0 Å². The number of nitrogens with zero attached hydrogens (tertiary/aromatic N) is 3. The van der Waals surface area contributed by atoms with Crippen molar-refractivity contribution in [2.75, 3.05) is 5.32 Å². The van der Waals surface area contributed by atoms with Crippen LogP contribution in [-0.2, 0) is 6.54 Å². The van der Waals surface area contributed by atoms with Gasteiger partial charge >= 0.3 is 6.18 Å². The molecule has 126 valence electrons. The Balaban J connectivity index is 1.94. The third kappa shape index (κ3) is 3.34. The number of aromatic nitrogens is 3. The van der Waals surface area contributed by atoms with Gasteiger partial charge < -0.3 is 9.88 Å². The molecule has 0 aliphatic heterocycles. The van der Waals surface area contributed by atoms with E-state index in [9.17, 15) is 13.2 Å². The average molecular weight is 334 g/mol. The lowest BCUT2D eigenvalue weighted by Gasteiger charge is -2.12. The van der Waals surface area contributed by atoms with E-state index in [1.165, 1.54) is 0 Å². The highest BCUT2D eigenvalue weighted by atomic mass is 19.4. The van der Waals surface area contributed by atoms with Crippen LogP contribution in [0.5, 0.6) is 0 Å². The van der Waals surface area contributed by atoms with Crippen LogP contribution in [-0.4, -0.2) is 20.7 Å². The predicted octanol–water partition coefficient (Wildman–Crippen LogP) is 4.74. The van der Waals surface area contributed by atoms with E-state index in [2.05, 4.69) is 15.3 Å². The highest BCUT2D eigenvalue weighted by molar-refractivity contribution is 5.92. The number of hydrogen-bond acceptors (Lipinski definition) is 3. The summed E-state index contributed by atoms with van der Waals surface area (Å²) in [5.74, 6) is 0.609. The number of anilines is 2. The molecule has 3 aromatic heterocycles. The maximum absolute atomic E-state index is 12.5.